The highest BCUT2D eigenvalue weighted by Gasteiger charge is 2.30. The summed E-state index contributed by atoms with van der Waals surface area (Å²) in [6, 6.07) is 0.461. The van der Waals surface area contributed by atoms with Crippen LogP contribution in [0.25, 0.3) is 0 Å². The highest BCUT2D eigenvalue weighted by molar-refractivity contribution is 5.85. The normalized spacial score (nSPS) is 20.1. The van der Waals surface area contributed by atoms with Gasteiger partial charge in [-0.2, -0.15) is 0 Å². The number of hydrogen-bond acceptors (Lipinski definition) is 3. The number of rotatable bonds is 5. The predicted molar refractivity (Wildman–Crippen MR) is 93.9 cm³/mol. The number of urea groups is 1. The first-order valence-corrected chi connectivity index (χ1v) is 8.66. The molecule has 0 unspecified atom stereocenters. The SMILES string of the molecule is CCN[C@H](C)CNC(=O)C1CCN(C(=O)N2CCCC2)CC1.Cl. The summed E-state index contributed by atoms with van der Waals surface area (Å²) < 4.78 is 0. The second kappa shape index (κ2) is 9.98. The Balaban J connectivity index is 0.00000264. The maximum absolute atomic E-state index is 12.3. The Labute approximate surface area is 145 Å². The van der Waals surface area contributed by atoms with Crippen LogP contribution < -0.4 is 10.6 Å². The number of piperidine rings is 1. The van der Waals surface area contributed by atoms with Crippen LogP contribution in [0.2, 0.25) is 0 Å². The van der Waals surface area contributed by atoms with Crippen LogP contribution in [0.15, 0.2) is 0 Å². The minimum atomic E-state index is 0. The molecule has 23 heavy (non-hydrogen) atoms. The quantitative estimate of drug-likeness (QED) is 0.792. The fraction of sp³-hybridized carbons (Fsp3) is 0.875. The summed E-state index contributed by atoms with van der Waals surface area (Å²) in [5.41, 5.74) is 0. The smallest absolute Gasteiger partial charge is 0.319 e. The molecule has 1 atom stereocenters. The van der Waals surface area contributed by atoms with E-state index in [4.69, 9.17) is 0 Å². The topological polar surface area (TPSA) is 64.7 Å². The fourth-order valence-electron chi connectivity index (χ4n) is 3.26. The first-order valence-electron chi connectivity index (χ1n) is 8.66. The Morgan fingerprint density at radius 2 is 1.65 bits per heavy atom. The molecule has 2 aliphatic rings. The number of carbonyl (C=O) groups excluding carboxylic acids is 2. The summed E-state index contributed by atoms with van der Waals surface area (Å²) in [4.78, 5) is 28.3. The van der Waals surface area contributed by atoms with Crippen molar-refractivity contribution in [3.8, 4) is 0 Å². The van der Waals surface area contributed by atoms with Crippen molar-refractivity contribution in [3.63, 3.8) is 0 Å². The van der Waals surface area contributed by atoms with Gasteiger partial charge in [0, 0.05) is 44.7 Å². The van der Waals surface area contributed by atoms with Crippen molar-refractivity contribution in [3.05, 3.63) is 0 Å². The van der Waals surface area contributed by atoms with Crippen molar-refractivity contribution >= 4 is 24.3 Å². The van der Waals surface area contributed by atoms with E-state index < -0.39 is 0 Å². The second-order valence-electron chi connectivity index (χ2n) is 6.44. The first-order chi connectivity index (χ1) is 10.6. The van der Waals surface area contributed by atoms with Crippen LogP contribution in [0.4, 0.5) is 4.79 Å². The zero-order valence-corrected chi connectivity index (χ0v) is 15.2. The molecule has 0 aromatic heterocycles. The Hall–Kier alpha value is -1.01. The molecule has 0 bridgehead atoms. The van der Waals surface area contributed by atoms with Crippen molar-refractivity contribution in [2.45, 2.75) is 45.6 Å². The van der Waals surface area contributed by atoms with E-state index in [0.717, 1.165) is 45.3 Å². The average molecular weight is 347 g/mol. The van der Waals surface area contributed by atoms with E-state index in [1.54, 1.807) is 0 Å². The lowest BCUT2D eigenvalue weighted by molar-refractivity contribution is -0.126. The number of halogens is 1. The molecule has 2 N–H and O–H groups in total. The monoisotopic (exact) mass is 346 g/mol. The predicted octanol–water partition coefficient (Wildman–Crippen LogP) is 1.45. The number of likely N-dealkylation sites (tertiary alicyclic amines) is 2. The lowest BCUT2D eigenvalue weighted by Gasteiger charge is -2.34. The molecule has 2 fully saturated rings. The summed E-state index contributed by atoms with van der Waals surface area (Å²) in [5, 5.41) is 6.30. The molecule has 0 aromatic rings. The largest absolute Gasteiger partial charge is 0.354 e. The zero-order chi connectivity index (χ0) is 15.9. The Kier molecular flexibility index (Phi) is 8.69. The molecule has 2 heterocycles. The summed E-state index contributed by atoms with van der Waals surface area (Å²) in [5.74, 6) is 0.189. The van der Waals surface area contributed by atoms with Crippen LogP contribution in [-0.2, 0) is 4.79 Å². The van der Waals surface area contributed by atoms with Crippen LogP contribution in [-0.4, -0.2) is 67.0 Å². The van der Waals surface area contributed by atoms with E-state index in [2.05, 4.69) is 24.5 Å². The van der Waals surface area contributed by atoms with E-state index in [0.29, 0.717) is 25.7 Å². The average Bonchev–Trinajstić information content (AvgIpc) is 3.07. The van der Waals surface area contributed by atoms with Gasteiger partial charge in [0.2, 0.25) is 5.91 Å². The van der Waals surface area contributed by atoms with E-state index in [-0.39, 0.29) is 30.3 Å². The number of carbonyl (C=O) groups is 2. The van der Waals surface area contributed by atoms with Crippen LogP contribution in [0.3, 0.4) is 0 Å². The molecular formula is C16H31ClN4O2. The molecular weight excluding hydrogens is 316 g/mol. The van der Waals surface area contributed by atoms with Crippen LogP contribution in [0.1, 0.15) is 39.5 Å². The third kappa shape index (κ3) is 5.84. The molecule has 0 aliphatic carbocycles. The first kappa shape index (κ1) is 20.0. The van der Waals surface area contributed by atoms with Crippen molar-refractivity contribution in [1.29, 1.82) is 0 Å². The number of hydrogen-bond donors (Lipinski definition) is 2. The highest BCUT2D eigenvalue weighted by Crippen LogP contribution is 2.20. The summed E-state index contributed by atoms with van der Waals surface area (Å²) in [6.07, 6.45) is 3.80. The minimum absolute atomic E-state index is 0. The maximum atomic E-state index is 12.3. The molecule has 2 aliphatic heterocycles. The second-order valence-corrected chi connectivity index (χ2v) is 6.44. The number of nitrogens with one attached hydrogen (secondary N) is 2. The van der Waals surface area contributed by atoms with Crippen molar-refractivity contribution < 1.29 is 9.59 Å². The molecule has 134 valence electrons. The Morgan fingerprint density at radius 1 is 1.09 bits per heavy atom. The number of amides is 3. The van der Waals surface area contributed by atoms with E-state index in [1.165, 1.54) is 0 Å². The lowest BCUT2D eigenvalue weighted by Crippen LogP contribution is -2.48. The molecule has 2 saturated heterocycles. The third-order valence-corrected chi connectivity index (χ3v) is 4.65. The molecule has 0 spiro atoms. The number of likely N-dealkylation sites (N-methyl/N-ethyl adjacent to an activating group) is 1. The molecule has 0 saturated carbocycles. The maximum Gasteiger partial charge on any atom is 0.319 e. The molecule has 3 amide bonds. The molecule has 0 radical (unpaired) electrons. The molecule has 6 nitrogen and oxygen atoms in total. The van der Waals surface area contributed by atoms with E-state index in [1.807, 2.05) is 9.80 Å². The minimum Gasteiger partial charge on any atom is -0.354 e. The van der Waals surface area contributed by atoms with Crippen LogP contribution in [0, 0.1) is 5.92 Å². The number of nitrogens with zero attached hydrogens (tertiary/aromatic N) is 2. The fourth-order valence-corrected chi connectivity index (χ4v) is 3.26. The standard InChI is InChI=1S/C16H30N4O2.ClH/c1-3-17-13(2)12-18-15(21)14-6-10-20(11-7-14)16(22)19-8-4-5-9-19;/h13-14,17H,3-12H2,1-2H3,(H,18,21);1H/t13-;/m1./s1. The van der Waals surface area contributed by atoms with Gasteiger partial charge in [-0.3, -0.25) is 4.79 Å². The molecule has 2 rings (SSSR count). The van der Waals surface area contributed by atoms with Crippen LogP contribution in [0.5, 0.6) is 0 Å². The van der Waals surface area contributed by atoms with Gasteiger partial charge in [0.15, 0.2) is 0 Å². The van der Waals surface area contributed by atoms with Gasteiger partial charge in [0.05, 0.1) is 0 Å². The summed E-state index contributed by atoms with van der Waals surface area (Å²) in [6.45, 7) is 8.90. The van der Waals surface area contributed by atoms with E-state index in [9.17, 15) is 9.59 Å². The Bertz CT molecular complexity index is 380. The highest BCUT2D eigenvalue weighted by atomic mass is 35.5. The van der Waals surface area contributed by atoms with Crippen molar-refractivity contribution in [2.24, 2.45) is 5.92 Å². The van der Waals surface area contributed by atoms with Gasteiger partial charge in [-0.15, -0.1) is 12.4 Å². The van der Waals surface area contributed by atoms with Gasteiger partial charge in [-0.05, 0) is 39.2 Å². The third-order valence-electron chi connectivity index (χ3n) is 4.65. The van der Waals surface area contributed by atoms with Gasteiger partial charge in [-0.1, -0.05) is 6.92 Å². The van der Waals surface area contributed by atoms with Gasteiger partial charge < -0.3 is 20.4 Å². The van der Waals surface area contributed by atoms with Gasteiger partial charge >= 0.3 is 6.03 Å². The summed E-state index contributed by atoms with van der Waals surface area (Å²) >= 11 is 0. The van der Waals surface area contributed by atoms with Crippen molar-refractivity contribution in [2.75, 3.05) is 39.3 Å². The van der Waals surface area contributed by atoms with Crippen LogP contribution >= 0.6 is 12.4 Å². The van der Waals surface area contributed by atoms with Gasteiger partial charge in [0.25, 0.3) is 0 Å². The Morgan fingerprint density at radius 3 is 2.22 bits per heavy atom. The molecule has 7 heteroatoms. The van der Waals surface area contributed by atoms with Gasteiger partial charge in [-0.25, -0.2) is 4.79 Å². The zero-order valence-electron chi connectivity index (χ0n) is 14.3. The summed E-state index contributed by atoms with van der Waals surface area (Å²) in [7, 11) is 0. The van der Waals surface area contributed by atoms with Gasteiger partial charge in [0.1, 0.15) is 0 Å². The van der Waals surface area contributed by atoms with Crippen molar-refractivity contribution in [1.82, 2.24) is 20.4 Å². The molecule has 0 aromatic carbocycles. The lowest BCUT2D eigenvalue weighted by atomic mass is 9.96. The van der Waals surface area contributed by atoms with E-state index >= 15 is 0 Å².